The van der Waals surface area contributed by atoms with E-state index in [9.17, 15) is 4.79 Å². The molecule has 0 radical (unpaired) electrons. The number of nitrogens with zero attached hydrogens (tertiary/aromatic N) is 5. The van der Waals surface area contributed by atoms with Crippen LogP contribution in [0.25, 0.3) is 0 Å². The van der Waals surface area contributed by atoms with Gasteiger partial charge in [0.2, 0.25) is 5.91 Å². The largest absolute Gasteiger partial charge is 0.368 e. The van der Waals surface area contributed by atoms with Gasteiger partial charge in [-0.1, -0.05) is 0 Å². The summed E-state index contributed by atoms with van der Waals surface area (Å²) in [5.41, 5.74) is 0.978. The second-order valence-corrected chi connectivity index (χ2v) is 6.51. The summed E-state index contributed by atoms with van der Waals surface area (Å²) >= 11 is 1.58. The molecule has 1 aromatic rings. The van der Waals surface area contributed by atoms with E-state index in [1.807, 2.05) is 24.4 Å². The van der Waals surface area contributed by atoms with Crippen molar-refractivity contribution in [1.29, 1.82) is 10.5 Å². The van der Waals surface area contributed by atoms with Crippen LogP contribution < -0.4 is 0 Å². The Balaban J connectivity index is 1.91. The molecule has 1 aliphatic rings. The van der Waals surface area contributed by atoms with Crippen molar-refractivity contribution in [2.45, 2.75) is 25.9 Å². The van der Waals surface area contributed by atoms with Crippen LogP contribution in [0.4, 0.5) is 0 Å². The van der Waals surface area contributed by atoms with E-state index in [4.69, 9.17) is 15.3 Å². The van der Waals surface area contributed by atoms with E-state index in [2.05, 4.69) is 9.88 Å². The van der Waals surface area contributed by atoms with Gasteiger partial charge in [0.05, 0.1) is 38.1 Å². The summed E-state index contributed by atoms with van der Waals surface area (Å²) in [4.78, 5) is 20.6. The van der Waals surface area contributed by atoms with Gasteiger partial charge in [-0.3, -0.25) is 9.69 Å². The van der Waals surface area contributed by atoms with Gasteiger partial charge in [-0.2, -0.15) is 10.5 Å². The normalized spacial score (nSPS) is 17.9. The van der Waals surface area contributed by atoms with Gasteiger partial charge >= 0.3 is 0 Å². The van der Waals surface area contributed by atoms with Crippen LogP contribution >= 0.6 is 11.3 Å². The van der Waals surface area contributed by atoms with Crippen molar-refractivity contribution < 1.29 is 9.53 Å². The number of thiazole rings is 1. The van der Waals surface area contributed by atoms with E-state index in [0.29, 0.717) is 32.8 Å². The molecule has 7 nitrogen and oxygen atoms in total. The minimum absolute atomic E-state index is 0.0449. The molecule has 1 aromatic heterocycles. The van der Waals surface area contributed by atoms with E-state index in [-0.39, 0.29) is 31.4 Å². The quantitative estimate of drug-likeness (QED) is 0.742. The van der Waals surface area contributed by atoms with Gasteiger partial charge in [-0.15, -0.1) is 11.3 Å². The summed E-state index contributed by atoms with van der Waals surface area (Å²) in [6.07, 6.45) is 0.458. The number of nitriles is 2. The smallest absolute Gasteiger partial charge is 0.236 e. The van der Waals surface area contributed by atoms with Crippen LogP contribution in [0.5, 0.6) is 0 Å². The van der Waals surface area contributed by atoms with E-state index >= 15 is 0 Å². The molecule has 8 heteroatoms. The molecule has 2 rings (SSSR count). The summed E-state index contributed by atoms with van der Waals surface area (Å²) in [7, 11) is 0. The lowest BCUT2D eigenvalue weighted by atomic mass is 10.2. The highest BCUT2D eigenvalue weighted by Gasteiger charge is 2.26. The standard InChI is InChI=1S/C16H21N5O2S/c1-13-12-24-16(19-13)14-10-20(8-9-23-14)11-15(22)21(6-2-4-17)7-3-5-18/h12,14H,2-3,6-11H2,1H3/t14-/m0/s1. The zero-order valence-corrected chi connectivity index (χ0v) is 14.6. The number of ether oxygens (including phenoxy) is 1. The highest BCUT2D eigenvalue weighted by molar-refractivity contribution is 7.09. The van der Waals surface area contributed by atoms with Crippen LogP contribution in [0, 0.1) is 29.6 Å². The van der Waals surface area contributed by atoms with Crippen molar-refractivity contribution in [2.75, 3.05) is 39.3 Å². The zero-order valence-electron chi connectivity index (χ0n) is 13.8. The molecule has 0 spiro atoms. The number of amides is 1. The van der Waals surface area contributed by atoms with Gasteiger partial charge in [-0.05, 0) is 6.92 Å². The summed E-state index contributed by atoms with van der Waals surface area (Å²) in [6, 6.07) is 4.09. The average Bonchev–Trinajstić information content (AvgIpc) is 3.01. The summed E-state index contributed by atoms with van der Waals surface area (Å²) in [5, 5.41) is 20.4. The van der Waals surface area contributed by atoms with Gasteiger partial charge in [0.25, 0.3) is 0 Å². The van der Waals surface area contributed by atoms with Crippen molar-refractivity contribution in [3.05, 3.63) is 16.1 Å². The number of carbonyl (C=O) groups excluding carboxylic acids is 1. The molecule has 0 bridgehead atoms. The fraction of sp³-hybridized carbons (Fsp3) is 0.625. The molecule has 0 saturated carbocycles. The maximum Gasteiger partial charge on any atom is 0.236 e. The molecule has 24 heavy (non-hydrogen) atoms. The van der Waals surface area contributed by atoms with Crippen LogP contribution in [0.3, 0.4) is 0 Å². The molecule has 0 unspecified atom stereocenters. The third-order valence-electron chi connectivity index (χ3n) is 3.76. The number of rotatable bonds is 7. The van der Waals surface area contributed by atoms with Crippen LogP contribution in [0.15, 0.2) is 5.38 Å². The van der Waals surface area contributed by atoms with Gasteiger partial charge in [0.1, 0.15) is 11.1 Å². The van der Waals surface area contributed by atoms with Crippen LogP contribution in [-0.2, 0) is 9.53 Å². The van der Waals surface area contributed by atoms with Gasteiger partial charge < -0.3 is 9.64 Å². The third-order valence-corrected chi connectivity index (χ3v) is 4.82. The van der Waals surface area contributed by atoms with Gasteiger partial charge in [-0.25, -0.2) is 4.98 Å². The summed E-state index contributed by atoms with van der Waals surface area (Å²) < 4.78 is 5.77. The molecular weight excluding hydrogens is 326 g/mol. The van der Waals surface area contributed by atoms with Crippen molar-refractivity contribution in [3.63, 3.8) is 0 Å². The lowest BCUT2D eigenvalue weighted by Gasteiger charge is -2.33. The highest BCUT2D eigenvalue weighted by atomic mass is 32.1. The lowest BCUT2D eigenvalue weighted by Crippen LogP contribution is -2.46. The number of carbonyl (C=O) groups is 1. The fourth-order valence-electron chi connectivity index (χ4n) is 2.54. The Morgan fingerprint density at radius 3 is 2.75 bits per heavy atom. The van der Waals surface area contributed by atoms with Crippen molar-refractivity contribution >= 4 is 17.2 Å². The van der Waals surface area contributed by atoms with E-state index in [1.54, 1.807) is 16.2 Å². The first-order valence-corrected chi connectivity index (χ1v) is 8.79. The molecule has 0 aliphatic carbocycles. The topological polar surface area (TPSA) is 93.2 Å². The predicted octanol–water partition coefficient (Wildman–Crippen LogP) is 1.48. The number of morpholine rings is 1. The molecule has 1 amide bonds. The minimum Gasteiger partial charge on any atom is -0.368 e. The van der Waals surface area contributed by atoms with E-state index in [0.717, 1.165) is 10.7 Å². The Morgan fingerprint density at radius 2 is 2.17 bits per heavy atom. The molecule has 2 heterocycles. The maximum atomic E-state index is 12.5. The highest BCUT2D eigenvalue weighted by Crippen LogP contribution is 2.25. The molecule has 128 valence electrons. The van der Waals surface area contributed by atoms with Crippen LogP contribution in [0.1, 0.15) is 29.6 Å². The monoisotopic (exact) mass is 347 g/mol. The number of aryl methyl sites for hydroxylation is 1. The molecule has 0 N–H and O–H groups in total. The summed E-state index contributed by atoms with van der Waals surface area (Å²) in [6.45, 7) is 4.85. The molecule has 0 aromatic carbocycles. The van der Waals surface area contributed by atoms with Crippen molar-refractivity contribution in [1.82, 2.24) is 14.8 Å². The Kier molecular flexibility index (Phi) is 7.13. The number of hydrogen-bond acceptors (Lipinski definition) is 7. The molecule has 1 aliphatic heterocycles. The van der Waals surface area contributed by atoms with Crippen molar-refractivity contribution in [3.8, 4) is 12.1 Å². The second kappa shape index (κ2) is 9.33. The van der Waals surface area contributed by atoms with Gasteiger partial charge in [0.15, 0.2) is 0 Å². The van der Waals surface area contributed by atoms with E-state index in [1.165, 1.54) is 0 Å². The van der Waals surface area contributed by atoms with E-state index < -0.39 is 0 Å². The zero-order chi connectivity index (χ0) is 17.4. The average molecular weight is 347 g/mol. The maximum absolute atomic E-state index is 12.5. The van der Waals surface area contributed by atoms with Crippen LogP contribution in [-0.4, -0.2) is 60.0 Å². The molecule has 1 atom stereocenters. The first-order valence-electron chi connectivity index (χ1n) is 7.91. The Morgan fingerprint density at radius 1 is 1.46 bits per heavy atom. The first kappa shape index (κ1) is 18.3. The second-order valence-electron chi connectivity index (χ2n) is 5.62. The first-order chi connectivity index (χ1) is 11.6. The predicted molar refractivity (Wildman–Crippen MR) is 89.0 cm³/mol. The Hall–Kier alpha value is -2.00. The minimum atomic E-state index is -0.100. The summed E-state index contributed by atoms with van der Waals surface area (Å²) in [5.74, 6) is -0.0449. The van der Waals surface area contributed by atoms with Gasteiger partial charge in [0, 0.05) is 37.3 Å². The fourth-order valence-corrected chi connectivity index (χ4v) is 3.37. The van der Waals surface area contributed by atoms with Crippen molar-refractivity contribution in [2.24, 2.45) is 0 Å². The molecule has 1 saturated heterocycles. The lowest BCUT2D eigenvalue weighted by molar-refractivity contribution is -0.134. The third kappa shape index (κ3) is 5.27. The number of hydrogen-bond donors (Lipinski definition) is 0. The SMILES string of the molecule is Cc1csc([C@@H]2CN(CC(=O)N(CCC#N)CCC#N)CCO2)n1. The van der Waals surface area contributed by atoms with Crippen LogP contribution in [0.2, 0.25) is 0 Å². The molecule has 1 fully saturated rings. The Labute approximate surface area is 146 Å². The molecular formula is C16H21N5O2S. The Bertz CT molecular complexity index is 615. The number of aromatic nitrogens is 1.